The molecule has 6 N–H and O–H groups in total. The van der Waals surface area contributed by atoms with Gasteiger partial charge in [0, 0.05) is 11.8 Å². The average Bonchev–Trinajstić information content (AvgIpc) is 3.26. The molecule has 4 rings (SSSR count). The summed E-state index contributed by atoms with van der Waals surface area (Å²) in [5.41, 5.74) is 1.13. The summed E-state index contributed by atoms with van der Waals surface area (Å²) in [6.45, 7) is 5.11. The van der Waals surface area contributed by atoms with Crippen molar-refractivity contribution in [3.63, 3.8) is 0 Å². The van der Waals surface area contributed by atoms with E-state index in [-0.39, 0.29) is 5.92 Å². The molecule has 0 aromatic carbocycles. The third-order valence-electron chi connectivity index (χ3n) is 7.29. The van der Waals surface area contributed by atoms with Gasteiger partial charge in [0.05, 0.1) is 31.7 Å². The van der Waals surface area contributed by atoms with E-state index in [0.29, 0.717) is 18.4 Å². The number of fused-ring (bicyclic) bond motifs is 1. The summed E-state index contributed by atoms with van der Waals surface area (Å²) in [4.78, 5) is 12.1. The Morgan fingerprint density at radius 2 is 1.64 bits per heavy atom. The first-order valence-electron chi connectivity index (χ1n) is 11.8. The highest BCUT2D eigenvalue weighted by atomic mass is 16.8. The van der Waals surface area contributed by atoms with Gasteiger partial charge in [0.15, 0.2) is 12.6 Å². The van der Waals surface area contributed by atoms with Gasteiger partial charge in [0.2, 0.25) is 6.29 Å². The first-order chi connectivity index (χ1) is 17.0. The Bertz CT molecular complexity index is 848. The highest BCUT2D eigenvalue weighted by molar-refractivity contribution is 5.89. The van der Waals surface area contributed by atoms with Crippen molar-refractivity contribution in [2.45, 2.75) is 87.5 Å². The van der Waals surface area contributed by atoms with Crippen LogP contribution in [0.5, 0.6) is 0 Å². The van der Waals surface area contributed by atoms with E-state index in [1.54, 1.807) is 0 Å². The zero-order valence-corrected chi connectivity index (χ0v) is 20.0. The molecule has 13 heteroatoms. The van der Waals surface area contributed by atoms with Gasteiger partial charge in [-0.15, -0.1) is 0 Å². The number of rotatable bonds is 6. The lowest BCUT2D eigenvalue weighted by Gasteiger charge is -2.44. The molecular formula is C23H34O13. The molecule has 0 radical (unpaired) electrons. The summed E-state index contributed by atoms with van der Waals surface area (Å²) in [5, 5.41) is 61.2. The Labute approximate surface area is 207 Å². The lowest BCUT2D eigenvalue weighted by atomic mass is 9.85. The molecule has 1 aliphatic carbocycles. The van der Waals surface area contributed by atoms with E-state index in [1.165, 1.54) is 20.3 Å². The molecule has 0 spiro atoms. The lowest BCUT2D eigenvalue weighted by molar-refractivity contribution is -0.350. The minimum Gasteiger partial charge on any atom is -0.471 e. The van der Waals surface area contributed by atoms with Crippen LogP contribution in [0.2, 0.25) is 0 Å². The van der Waals surface area contributed by atoms with Crippen LogP contribution in [0.15, 0.2) is 24.0 Å². The minimum absolute atomic E-state index is 0.271. The molecule has 0 amide bonds. The van der Waals surface area contributed by atoms with Gasteiger partial charge in [-0.1, -0.05) is 12.2 Å². The van der Waals surface area contributed by atoms with Crippen LogP contribution in [0.25, 0.3) is 0 Å². The third-order valence-corrected chi connectivity index (χ3v) is 7.29. The van der Waals surface area contributed by atoms with Gasteiger partial charge in [0.25, 0.3) is 0 Å². The van der Waals surface area contributed by atoms with Gasteiger partial charge < -0.3 is 59.1 Å². The van der Waals surface area contributed by atoms with Crippen molar-refractivity contribution in [3.05, 3.63) is 24.0 Å². The number of ether oxygens (including phenoxy) is 6. The van der Waals surface area contributed by atoms with Crippen molar-refractivity contribution in [2.24, 2.45) is 11.8 Å². The second-order valence-electron chi connectivity index (χ2n) is 9.56. The first-order valence-corrected chi connectivity index (χ1v) is 11.8. The van der Waals surface area contributed by atoms with Crippen LogP contribution in [0.1, 0.15) is 19.8 Å². The zero-order valence-electron chi connectivity index (χ0n) is 20.0. The van der Waals surface area contributed by atoms with Crippen molar-refractivity contribution in [2.75, 3.05) is 13.7 Å². The summed E-state index contributed by atoms with van der Waals surface area (Å²) in [6.07, 6.45) is -12.7. The zero-order chi connectivity index (χ0) is 26.3. The van der Waals surface area contributed by atoms with Crippen LogP contribution >= 0.6 is 0 Å². The molecule has 13 atom stereocenters. The highest BCUT2D eigenvalue weighted by Gasteiger charge is 2.51. The number of aliphatic hydroxyl groups excluding tert-OH is 6. The first kappa shape index (κ1) is 27.4. The predicted molar refractivity (Wildman–Crippen MR) is 116 cm³/mol. The van der Waals surface area contributed by atoms with Crippen molar-refractivity contribution in [1.29, 1.82) is 0 Å². The van der Waals surface area contributed by atoms with E-state index in [4.69, 9.17) is 28.4 Å². The van der Waals surface area contributed by atoms with E-state index < -0.39 is 86.2 Å². The predicted octanol–water partition coefficient (Wildman–Crippen LogP) is -2.35. The minimum atomic E-state index is -1.67. The van der Waals surface area contributed by atoms with Gasteiger partial charge in [0.1, 0.15) is 42.7 Å². The van der Waals surface area contributed by atoms with Crippen LogP contribution in [0.3, 0.4) is 0 Å². The second kappa shape index (κ2) is 11.0. The molecule has 3 heterocycles. The van der Waals surface area contributed by atoms with E-state index >= 15 is 0 Å². The van der Waals surface area contributed by atoms with Crippen LogP contribution in [0, 0.1) is 11.8 Å². The molecule has 36 heavy (non-hydrogen) atoms. The van der Waals surface area contributed by atoms with E-state index in [9.17, 15) is 35.4 Å². The average molecular weight is 519 g/mol. The SMILES string of the molecule is C=C1CCC2C(C(=O)OC)=COC(OC3OC(COC4OC(C)C(O)C(O)C4O)C(O)C(O)C3O)C12. The van der Waals surface area contributed by atoms with Gasteiger partial charge in [-0.3, -0.25) is 0 Å². The number of esters is 1. The molecule has 0 aromatic heterocycles. The number of hydrogen-bond acceptors (Lipinski definition) is 13. The molecule has 0 bridgehead atoms. The van der Waals surface area contributed by atoms with Crippen LogP contribution in [0.4, 0.5) is 0 Å². The van der Waals surface area contributed by atoms with Gasteiger partial charge in [-0.05, 0) is 19.8 Å². The second-order valence-corrected chi connectivity index (χ2v) is 9.56. The number of hydrogen-bond donors (Lipinski definition) is 6. The maximum Gasteiger partial charge on any atom is 0.337 e. The van der Waals surface area contributed by atoms with Crippen molar-refractivity contribution in [1.82, 2.24) is 0 Å². The smallest absolute Gasteiger partial charge is 0.337 e. The van der Waals surface area contributed by atoms with E-state index in [0.717, 1.165) is 5.57 Å². The van der Waals surface area contributed by atoms with E-state index in [2.05, 4.69) is 6.58 Å². The maximum atomic E-state index is 12.1. The molecule has 3 aliphatic heterocycles. The monoisotopic (exact) mass is 518 g/mol. The molecular weight excluding hydrogens is 484 g/mol. The Hall–Kier alpha value is -1.65. The Balaban J connectivity index is 1.43. The van der Waals surface area contributed by atoms with Crippen LogP contribution < -0.4 is 0 Å². The molecule has 204 valence electrons. The number of aliphatic hydroxyl groups is 6. The molecule has 13 unspecified atom stereocenters. The summed E-state index contributed by atoms with van der Waals surface area (Å²) in [5.74, 6) is -1.23. The lowest BCUT2D eigenvalue weighted by Crippen LogP contribution is -2.61. The standard InChI is InChI=1S/C23H34O13/c1-8-4-5-10-11(20(30)31-3)6-32-21(13(8)10)36-23-19(29)17(27)15(25)12(35-23)7-33-22-18(28)16(26)14(24)9(2)34-22/h6,9-10,12-19,21-29H,1,4-5,7H2,2-3H3. The summed E-state index contributed by atoms with van der Waals surface area (Å²) < 4.78 is 32.8. The van der Waals surface area contributed by atoms with Gasteiger partial charge in [-0.25, -0.2) is 4.79 Å². The largest absolute Gasteiger partial charge is 0.471 e. The molecule has 1 saturated carbocycles. The fourth-order valence-electron chi connectivity index (χ4n) is 5.09. The van der Waals surface area contributed by atoms with Crippen molar-refractivity contribution in [3.8, 4) is 0 Å². The Morgan fingerprint density at radius 1 is 0.972 bits per heavy atom. The Kier molecular flexibility index (Phi) is 8.36. The number of carbonyl (C=O) groups excluding carboxylic acids is 1. The van der Waals surface area contributed by atoms with Gasteiger partial charge >= 0.3 is 5.97 Å². The van der Waals surface area contributed by atoms with Crippen LogP contribution in [-0.4, -0.2) is 118 Å². The van der Waals surface area contributed by atoms with Crippen molar-refractivity contribution >= 4 is 5.97 Å². The molecule has 0 aromatic rings. The molecule has 2 saturated heterocycles. The quantitative estimate of drug-likeness (QED) is 0.162. The highest BCUT2D eigenvalue weighted by Crippen LogP contribution is 2.46. The topological polar surface area (TPSA) is 194 Å². The molecule has 13 nitrogen and oxygen atoms in total. The summed E-state index contributed by atoms with van der Waals surface area (Å²) in [7, 11) is 1.27. The van der Waals surface area contributed by atoms with Crippen molar-refractivity contribution < 1.29 is 63.9 Å². The fraction of sp³-hybridized carbons (Fsp3) is 0.783. The summed E-state index contributed by atoms with van der Waals surface area (Å²) in [6, 6.07) is 0. The fourth-order valence-corrected chi connectivity index (χ4v) is 5.09. The summed E-state index contributed by atoms with van der Waals surface area (Å²) >= 11 is 0. The van der Waals surface area contributed by atoms with E-state index in [1.807, 2.05) is 0 Å². The maximum absolute atomic E-state index is 12.1. The number of methoxy groups -OCH3 is 1. The molecule has 3 fully saturated rings. The Morgan fingerprint density at radius 3 is 2.33 bits per heavy atom. The van der Waals surface area contributed by atoms with Crippen LogP contribution in [-0.2, 0) is 33.2 Å². The third kappa shape index (κ3) is 5.05. The number of carbonyl (C=O) groups is 1. The van der Waals surface area contributed by atoms with Gasteiger partial charge in [-0.2, -0.15) is 0 Å². The normalized spacial score (nSPS) is 47.1. The molecule has 4 aliphatic rings.